The van der Waals surface area contributed by atoms with Crippen molar-refractivity contribution in [3.63, 3.8) is 0 Å². The van der Waals surface area contributed by atoms with Gasteiger partial charge in [0.25, 0.3) is 10.0 Å². The molecule has 45 heavy (non-hydrogen) atoms. The van der Waals surface area contributed by atoms with Crippen LogP contribution in [-0.2, 0) is 26.5 Å². The lowest BCUT2D eigenvalue weighted by molar-refractivity contribution is -0.214. The number of anilines is 1. The maximum absolute atomic E-state index is 13.2. The van der Waals surface area contributed by atoms with E-state index >= 15 is 0 Å². The highest BCUT2D eigenvalue weighted by molar-refractivity contribution is 7.93. The Hall–Kier alpha value is -3.32. The van der Waals surface area contributed by atoms with Crippen LogP contribution in [0.3, 0.4) is 0 Å². The fourth-order valence-electron chi connectivity index (χ4n) is 5.91. The number of aliphatic hydroxyl groups excluding tert-OH is 3. The van der Waals surface area contributed by atoms with Gasteiger partial charge in [0.1, 0.15) is 30.5 Å². The van der Waals surface area contributed by atoms with Crippen LogP contribution in [0.15, 0.2) is 53.4 Å². The number of nitrogens with one attached hydrogen (secondary N) is 2. The van der Waals surface area contributed by atoms with Crippen LogP contribution in [0.2, 0.25) is 0 Å². The molecule has 2 aliphatic rings. The van der Waals surface area contributed by atoms with Crippen LogP contribution in [0, 0.1) is 11.3 Å². The minimum Gasteiger partial charge on any atom is -0.388 e. The number of aliphatic hydroxyl groups is 3. The van der Waals surface area contributed by atoms with Gasteiger partial charge in [0.2, 0.25) is 0 Å². The lowest BCUT2D eigenvalue weighted by Crippen LogP contribution is -2.59. The summed E-state index contributed by atoms with van der Waals surface area (Å²) in [7, 11) is -2.49. The van der Waals surface area contributed by atoms with Gasteiger partial charge in [-0.05, 0) is 60.5 Å². The van der Waals surface area contributed by atoms with Gasteiger partial charge >= 0.3 is 0 Å². The zero-order chi connectivity index (χ0) is 32.3. The van der Waals surface area contributed by atoms with Crippen LogP contribution in [0.25, 0.3) is 27.6 Å². The smallest absolute Gasteiger partial charge is 0.251 e. The first kappa shape index (κ1) is 33.1. The van der Waals surface area contributed by atoms with Crippen LogP contribution < -0.4 is 10.0 Å². The predicted octanol–water partition coefficient (Wildman–Crippen LogP) is 1.63. The van der Waals surface area contributed by atoms with Crippen LogP contribution >= 0.6 is 0 Å². The van der Waals surface area contributed by atoms with Gasteiger partial charge in [-0.15, -0.1) is 0 Å². The van der Waals surface area contributed by atoms with Gasteiger partial charge in [0.15, 0.2) is 4.91 Å². The molecule has 5 rings (SSSR count). The first-order valence-electron chi connectivity index (χ1n) is 15.0. The number of ether oxygens (including phenoxy) is 2. The molecule has 0 amide bonds. The summed E-state index contributed by atoms with van der Waals surface area (Å²) in [6.45, 7) is 7.99. The van der Waals surface area contributed by atoms with Gasteiger partial charge in [0.05, 0.1) is 19.3 Å². The minimum absolute atomic E-state index is 0.251. The Morgan fingerprint density at radius 2 is 1.73 bits per heavy atom. The van der Waals surface area contributed by atoms with E-state index < -0.39 is 52.0 Å². The van der Waals surface area contributed by atoms with Crippen LogP contribution in [-0.4, -0.2) is 110 Å². The van der Waals surface area contributed by atoms with E-state index in [4.69, 9.17) is 9.47 Å². The van der Waals surface area contributed by atoms with Gasteiger partial charge in [-0.2, -0.15) is 5.26 Å². The molecule has 2 fully saturated rings. The number of benzene rings is 2. The van der Waals surface area contributed by atoms with Crippen LogP contribution in [0.4, 0.5) is 5.69 Å². The van der Waals surface area contributed by atoms with Crippen LogP contribution in [0.1, 0.15) is 19.5 Å². The summed E-state index contributed by atoms with van der Waals surface area (Å²) in [4.78, 5) is 1.92. The van der Waals surface area contributed by atoms with E-state index in [9.17, 15) is 29.0 Å². The second kappa shape index (κ2) is 14.0. The molecular formula is C32H41N5O7S. The Morgan fingerprint density at radius 1 is 1.02 bits per heavy atom. The molecule has 0 saturated carbocycles. The van der Waals surface area contributed by atoms with Gasteiger partial charge in [-0.25, -0.2) is 13.1 Å². The SMILES string of the molecule is C/C(=C(/C#N)S(=O)(=O)NC[C@H]1OC(C)[C@H](O)[C@@H](O)[C@@H]1O)c1ccc(-c2ccc3cc(NCCN4CCOCC4)ccc3c2)n1C. The molecule has 12 nitrogen and oxygen atoms in total. The van der Waals surface area contributed by atoms with Crippen molar-refractivity contribution in [3.05, 3.63) is 59.1 Å². The standard InChI is InChI=1S/C32H41N5O7S/c1-20(29(18-33)45(41,42)35-19-28-31(39)32(40)30(38)21(2)44-28)26-8-9-27(36(26)3)24-5-4-23-17-25(7-6-22(23)16-24)34-10-11-37-12-14-43-15-13-37/h4-9,16-17,21,28,30-32,34-35,38-40H,10-15,19H2,1-3H3/b29-20+/t21?,28-,30+,31-,32-/m1/s1. The number of nitrogens with zero attached hydrogens (tertiary/aromatic N) is 3. The number of sulfonamides is 1. The highest BCUT2D eigenvalue weighted by Gasteiger charge is 2.42. The molecule has 0 radical (unpaired) electrons. The number of hydrogen-bond donors (Lipinski definition) is 5. The van der Waals surface area contributed by atoms with Crippen molar-refractivity contribution < 1.29 is 33.2 Å². The molecule has 2 aromatic carbocycles. The Kier molecular flexibility index (Phi) is 10.3. The Morgan fingerprint density at radius 3 is 2.47 bits per heavy atom. The molecule has 5 N–H and O–H groups in total. The average molecular weight is 640 g/mol. The molecule has 5 atom stereocenters. The highest BCUT2D eigenvalue weighted by Crippen LogP contribution is 2.31. The van der Waals surface area contributed by atoms with E-state index in [0.717, 1.165) is 67.1 Å². The monoisotopic (exact) mass is 639 g/mol. The van der Waals surface area contributed by atoms with Gasteiger partial charge in [0, 0.05) is 62.4 Å². The Bertz CT molecular complexity index is 1690. The Balaban J connectivity index is 1.30. The van der Waals surface area contributed by atoms with Crippen molar-refractivity contribution in [2.45, 2.75) is 44.4 Å². The van der Waals surface area contributed by atoms with E-state index in [1.54, 1.807) is 13.0 Å². The van der Waals surface area contributed by atoms with Crippen molar-refractivity contribution in [1.29, 1.82) is 5.26 Å². The number of fused-ring (bicyclic) bond motifs is 1. The number of morpholine rings is 1. The Labute approximate surface area is 263 Å². The molecule has 1 aromatic heterocycles. The normalized spacial score (nSPS) is 25.1. The molecule has 3 heterocycles. The molecule has 1 unspecified atom stereocenters. The lowest BCUT2D eigenvalue weighted by atomic mass is 9.96. The quantitative estimate of drug-likeness (QED) is 0.206. The molecule has 0 aliphatic carbocycles. The summed E-state index contributed by atoms with van der Waals surface area (Å²) in [6, 6.07) is 17.9. The fourth-order valence-corrected chi connectivity index (χ4v) is 7.06. The summed E-state index contributed by atoms with van der Waals surface area (Å²) in [6.07, 6.45) is -6.21. The number of aromatic nitrogens is 1. The summed E-state index contributed by atoms with van der Waals surface area (Å²) < 4.78 is 41.5. The third-order valence-corrected chi connectivity index (χ3v) is 10.1. The molecule has 0 spiro atoms. The third kappa shape index (κ3) is 7.24. The first-order chi connectivity index (χ1) is 21.5. The van der Waals surface area contributed by atoms with Crippen molar-refractivity contribution in [2.24, 2.45) is 7.05 Å². The zero-order valence-electron chi connectivity index (χ0n) is 25.7. The second-order valence-corrected chi connectivity index (χ2v) is 13.3. The molecule has 0 bridgehead atoms. The van der Waals surface area contributed by atoms with E-state index in [-0.39, 0.29) is 5.57 Å². The molecule has 2 aliphatic heterocycles. The summed E-state index contributed by atoms with van der Waals surface area (Å²) in [5.74, 6) is 0. The van der Waals surface area contributed by atoms with Gasteiger partial charge in [-0.3, -0.25) is 4.90 Å². The molecule has 13 heteroatoms. The van der Waals surface area contributed by atoms with E-state index in [0.29, 0.717) is 5.69 Å². The molecule has 242 valence electrons. The first-order valence-corrected chi connectivity index (χ1v) is 16.5. The minimum atomic E-state index is -4.30. The zero-order valence-corrected chi connectivity index (χ0v) is 26.5. The van der Waals surface area contributed by atoms with Crippen molar-refractivity contribution in [3.8, 4) is 17.3 Å². The second-order valence-electron chi connectivity index (χ2n) is 11.6. The van der Waals surface area contributed by atoms with Crippen LogP contribution in [0.5, 0.6) is 0 Å². The maximum atomic E-state index is 13.2. The number of allylic oxidation sites excluding steroid dienone is 2. The molecule has 3 aromatic rings. The van der Waals surface area contributed by atoms with Gasteiger partial charge in [-0.1, -0.05) is 18.2 Å². The van der Waals surface area contributed by atoms with Crippen molar-refractivity contribution in [2.75, 3.05) is 51.3 Å². The number of rotatable bonds is 10. The summed E-state index contributed by atoms with van der Waals surface area (Å²) >= 11 is 0. The maximum Gasteiger partial charge on any atom is 0.251 e. The predicted molar refractivity (Wildman–Crippen MR) is 172 cm³/mol. The van der Waals surface area contributed by atoms with Crippen molar-refractivity contribution in [1.82, 2.24) is 14.2 Å². The van der Waals surface area contributed by atoms with E-state index in [2.05, 4.69) is 45.3 Å². The number of nitriles is 1. The molecule has 2 saturated heterocycles. The van der Waals surface area contributed by atoms with E-state index in [1.807, 2.05) is 29.8 Å². The van der Waals surface area contributed by atoms with E-state index in [1.165, 1.54) is 6.92 Å². The van der Waals surface area contributed by atoms with Crippen molar-refractivity contribution >= 4 is 32.1 Å². The average Bonchev–Trinajstić information content (AvgIpc) is 3.42. The lowest BCUT2D eigenvalue weighted by Gasteiger charge is -2.39. The highest BCUT2D eigenvalue weighted by atomic mass is 32.2. The molecular weight excluding hydrogens is 598 g/mol. The summed E-state index contributed by atoms with van der Waals surface area (Å²) in [5, 5.41) is 45.7. The fraction of sp³-hybridized carbons (Fsp3) is 0.469. The largest absolute Gasteiger partial charge is 0.388 e. The summed E-state index contributed by atoms with van der Waals surface area (Å²) in [5.41, 5.74) is 3.64. The third-order valence-electron chi connectivity index (χ3n) is 8.64. The number of hydrogen-bond acceptors (Lipinski definition) is 10. The topological polar surface area (TPSA) is 169 Å². The van der Waals surface area contributed by atoms with Gasteiger partial charge < -0.3 is 34.7 Å².